The Bertz CT molecular complexity index is 792. The van der Waals surface area contributed by atoms with Crippen LogP contribution in [0.3, 0.4) is 0 Å². The monoisotopic (exact) mass is 284 g/mol. The molecular formula is C14H12N4O3. The van der Waals surface area contributed by atoms with Crippen molar-refractivity contribution in [2.24, 2.45) is 7.05 Å². The van der Waals surface area contributed by atoms with Gasteiger partial charge in [-0.15, -0.1) is 0 Å². The highest BCUT2D eigenvalue weighted by molar-refractivity contribution is 6.24. The predicted octanol–water partition coefficient (Wildman–Crippen LogP) is 0.864. The second-order valence-electron chi connectivity index (χ2n) is 4.76. The molecule has 3 amide bonds. The molecule has 0 spiro atoms. The van der Waals surface area contributed by atoms with Crippen molar-refractivity contribution < 1.29 is 14.4 Å². The molecule has 0 radical (unpaired) electrons. The smallest absolute Gasteiger partial charge is 0.273 e. The molecule has 21 heavy (non-hydrogen) atoms. The van der Waals surface area contributed by atoms with Crippen LogP contribution in [0, 0.1) is 6.92 Å². The number of imide groups is 1. The summed E-state index contributed by atoms with van der Waals surface area (Å²) in [5.41, 5.74) is 1.84. The van der Waals surface area contributed by atoms with E-state index in [2.05, 4.69) is 15.7 Å². The van der Waals surface area contributed by atoms with E-state index >= 15 is 0 Å². The van der Waals surface area contributed by atoms with Gasteiger partial charge in [0.25, 0.3) is 17.7 Å². The maximum Gasteiger partial charge on any atom is 0.273 e. The molecule has 0 aliphatic carbocycles. The van der Waals surface area contributed by atoms with E-state index in [-0.39, 0.29) is 11.1 Å². The van der Waals surface area contributed by atoms with Crippen LogP contribution in [-0.4, -0.2) is 27.5 Å². The fraction of sp³-hybridized carbons (Fsp3) is 0.143. The molecule has 3 rings (SSSR count). The number of amides is 3. The Morgan fingerprint density at radius 2 is 2.05 bits per heavy atom. The molecule has 2 aromatic rings. The minimum Gasteiger partial charge on any atom is -0.320 e. The zero-order chi connectivity index (χ0) is 15.1. The standard InChI is InChI=1S/C14H12N4O3/c1-7-6-10(18(2)17-7)13(20)15-9-5-3-4-8-11(9)14(21)16-12(8)19/h3-6H,1-2H3,(H,15,20)(H,16,19,21). The number of aryl methyl sites for hydroxylation is 2. The van der Waals surface area contributed by atoms with Crippen molar-refractivity contribution >= 4 is 23.4 Å². The Morgan fingerprint density at radius 3 is 2.71 bits per heavy atom. The highest BCUT2D eigenvalue weighted by Crippen LogP contribution is 2.24. The lowest BCUT2D eigenvalue weighted by molar-refractivity contribution is 0.0879. The Labute approximate surface area is 119 Å². The predicted molar refractivity (Wildman–Crippen MR) is 74.1 cm³/mol. The quantitative estimate of drug-likeness (QED) is 0.800. The van der Waals surface area contributed by atoms with E-state index in [1.165, 1.54) is 4.68 Å². The summed E-state index contributed by atoms with van der Waals surface area (Å²) in [6, 6.07) is 6.38. The second kappa shape index (κ2) is 4.55. The summed E-state index contributed by atoms with van der Waals surface area (Å²) in [6.07, 6.45) is 0. The molecule has 0 saturated heterocycles. The Kier molecular flexibility index (Phi) is 2.83. The van der Waals surface area contributed by atoms with Crippen LogP contribution < -0.4 is 10.6 Å². The van der Waals surface area contributed by atoms with Gasteiger partial charge in [0.05, 0.1) is 22.5 Å². The van der Waals surface area contributed by atoms with Crippen molar-refractivity contribution in [2.75, 3.05) is 5.32 Å². The van der Waals surface area contributed by atoms with Crippen LogP contribution in [0.2, 0.25) is 0 Å². The summed E-state index contributed by atoms with van der Waals surface area (Å²) in [6.45, 7) is 1.78. The molecule has 2 N–H and O–H groups in total. The van der Waals surface area contributed by atoms with Crippen molar-refractivity contribution in [1.82, 2.24) is 15.1 Å². The van der Waals surface area contributed by atoms with Gasteiger partial charge < -0.3 is 5.32 Å². The summed E-state index contributed by atoms with van der Waals surface area (Å²) in [5, 5.41) is 8.95. The van der Waals surface area contributed by atoms with Crippen molar-refractivity contribution in [3.05, 3.63) is 46.8 Å². The summed E-state index contributed by atoms with van der Waals surface area (Å²) < 4.78 is 1.46. The summed E-state index contributed by atoms with van der Waals surface area (Å²) in [5.74, 6) is -1.35. The number of hydrogen-bond donors (Lipinski definition) is 2. The summed E-state index contributed by atoms with van der Waals surface area (Å²) in [7, 11) is 1.66. The van der Waals surface area contributed by atoms with Crippen LogP contribution in [-0.2, 0) is 7.05 Å². The van der Waals surface area contributed by atoms with E-state index < -0.39 is 17.7 Å². The third kappa shape index (κ3) is 2.08. The van der Waals surface area contributed by atoms with Crippen molar-refractivity contribution in [2.45, 2.75) is 6.92 Å². The molecule has 1 aromatic carbocycles. The molecule has 0 saturated carbocycles. The number of carbonyl (C=O) groups excluding carboxylic acids is 3. The van der Waals surface area contributed by atoms with Crippen LogP contribution in [0.5, 0.6) is 0 Å². The zero-order valence-corrected chi connectivity index (χ0v) is 11.4. The molecule has 0 atom stereocenters. The number of rotatable bonds is 2. The minimum absolute atomic E-state index is 0.190. The number of fused-ring (bicyclic) bond motifs is 1. The molecule has 1 aliphatic heterocycles. The number of hydrogen-bond acceptors (Lipinski definition) is 4. The summed E-state index contributed by atoms with van der Waals surface area (Å²) in [4.78, 5) is 35.6. The van der Waals surface area contributed by atoms with Crippen LogP contribution in [0.1, 0.15) is 36.9 Å². The van der Waals surface area contributed by atoms with Gasteiger partial charge in [-0.25, -0.2) is 0 Å². The van der Waals surface area contributed by atoms with E-state index in [9.17, 15) is 14.4 Å². The molecule has 106 valence electrons. The topological polar surface area (TPSA) is 93.1 Å². The first-order chi connectivity index (χ1) is 9.97. The van der Waals surface area contributed by atoms with Crippen molar-refractivity contribution in [1.29, 1.82) is 0 Å². The van der Waals surface area contributed by atoms with Crippen molar-refractivity contribution in [3.8, 4) is 0 Å². The number of carbonyl (C=O) groups is 3. The Balaban J connectivity index is 1.97. The zero-order valence-electron chi connectivity index (χ0n) is 11.4. The molecule has 1 aromatic heterocycles. The third-order valence-electron chi connectivity index (χ3n) is 3.25. The van der Waals surface area contributed by atoms with E-state index in [0.717, 1.165) is 0 Å². The van der Waals surface area contributed by atoms with Gasteiger partial charge in [-0.1, -0.05) is 6.07 Å². The fourth-order valence-electron chi connectivity index (χ4n) is 2.33. The van der Waals surface area contributed by atoms with Gasteiger partial charge in [-0.05, 0) is 25.1 Å². The number of anilines is 1. The maximum atomic E-state index is 12.2. The lowest BCUT2D eigenvalue weighted by Crippen LogP contribution is -2.21. The van der Waals surface area contributed by atoms with Crippen LogP contribution in [0.4, 0.5) is 5.69 Å². The van der Waals surface area contributed by atoms with Gasteiger partial charge in [0, 0.05) is 7.05 Å². The highest BCUT2D eigenvalue weighted by Gasteiger charge is 2.30. The molecule has 0 bridgehead atoms. The van der Waals surface area contributed by atoms with Gasteiger partial charge in [-0.2, -0.15) is 5.10 Å². The van der Waals surface area contributed by atoms with Gasteiger partial charge in [0.1, 0.15) is 5.69 Å². The van der Waals surface area contributed by atoms with Crippen LogP contribution in [0.15, 0.2) is 24.3 Å². The SMILES string of the molecule is Cc1cc(C(=O)Nc2cccc3c2C(=O)NC3=O)n(C)n1. The molecule has 1 aliphatic rings. The van der Waals surface area contributed by atoms with Crippen LogP contribution in [0.25, 0.3) is 0 Å². The van der Waals surface area contributed by atoms with E-state index in [1.807, 2.05) is 0 Å². The maximum absolute atomic E-state index is 12.2. The van der Waals surface area contributed by atoms with Gasteiger partial charge in [0.15, 0.2) is 0 Å². The lowest BCUT2D eigenvalue weighted by Gasteiger charge is -2.08. The van der Waals surface area contributed by atoms with E-state index in [0.29, 0.717) is 17.1 Å². The first-order valence-corrected chi connectivity index (χ1v) is 6.28. The van der Waals surface area contributed by atoms with E-state index in [4.69, 9.17) is 0 Å². The second-order valence-corrected chi connectivity index (χ2v) is 4.76. The Hall–Kier alpha value is -2.96. The molecule has 0 fully saturated rings. The molecule has 7 nitrogen and oxygen atoms in total. The average molecular weight is 284 g/mol. The number of benzene rings is 1. The number of nitrogens with one attached hydrogen (secondary N) is 2. The minimum atomic E-state index is -0.507. The average Bonchev–Trinajstić information content (AvgIpc) is 2.91. The lowest BCUT2D eigenvalue weighted by atomic mass is 10.1. The van der Waals surface area contributed by atoms with Gasteiger partial charge in [0.2, 0.25) is 0 Å². The van der Waals surface area contributed by atoms with E-state index in [1.54, 1.807) is 38.2 Å². The molecule has 0 unspecified atom stereocenters. The first-order valence-electron chi connectivity index (χ1n) is 6.28. The van der Waals surface area contributed by atoms with Gasteiger partial charge in [-0.3, -0.25) is 24.4 Å². The molecule has 7 heteroatoms. The van der Waals surface area contributed by atoms with Crippen LogP contribution >= 0.6 is 0 Å². The fourth-order valence-corrected chi connectivity index (χ4v) is 2.33. The molecule has 2 heterocycles. The largest absolute Gasteiger partial charge is 0.320 e. The first kappa shape index (κ1) is 13.0. The normalized spacial score (nSPS) is 13.0. The summed E-state index contributed by atoms with van der Waals surface area (Å²) >= 11 is 0. The van der Waals surface area contributed by atoms with Crippen molar-refractivity contribution in [3.63, 3.8) is 0 Å². The highest BCUT2D eigenvalue weighted by atomic mass is 16.2. The number of nitrogens with zero attached hydrogens (tertiary/aromatic N) is 2. The Morgan fingerprint density at radius 1 is 1.29 bits per heavy atom. The third-order valence-corrected chi connectivity index (χ3v) is 3.25. The van der Waals surface area contributed by atoms with Gasteiger partial charge >= 0.3 is 0 Å². The molecular weight excluding hydrogens is 272 g/mol. The number of aromatic nitrogens is 2.